The van der Waals surface area contributed by atoms with Crippen LogP contribution in [0.5, 0.6) is 0 Å². The van der Waals surface area contributed by atoms with E-state index in [-0.39, 0.29) is 10.1 Å². The number of aryl methyl sites for hydroxylation is 2. The summed E-state index contributed by atoms with van der Waals surface area (Å²) >= 11 is 0. The predicted molar refractivity (Wildman–Crippen MR) is 121 cm³/mol. The maximum absolute atomic E-state index is 2.51. The Kier molecular flexibility index (Phi) is 5.32. The Morgan fingerprint density at radius 1 is 0.692 bits per heavy atom. The number of benzene rings is 1. The van der Waals surface area contributed by atoms with E-state index in [9.17, 15) is 0 Å². The minimum absolute atomic E-state index is 0.237. The maximum Gasteiger partial charge on any atom is 0.125 e. The maximum atomic E-state index is 2.51. The van der Waals surface area contributed by atoms with Crippen molar-refractivity contribution in [2.24, 2.45) is 5.92 Å². The van der Waals surface area contributed by atoms with Crippen molar-refractivity contribution >= 4 is 13.3 Å². The van der Waals surface area contributed by atoms with Gasteiger partial charge in [0.1, 0.15) is 8.07 Å². The molecule has 0 fully saturated rings. The van der Waals surface area contributed by atoms with Gasteiger partial charge in [0.25, 0.3) is 0 Å². The fraction of sp³-hybridized carbons (Fsp3) is 0.600. The molecule has 2 rings (SSSR count). The van der Waals surface area contributed by atoms with Crippen LogP contribution in [0.1, 0.15) is 80.4 Å². The van der Waals surface area contributed by atoms with Gasteiger partial charge in [-0.05, 0) is 56.2 Å². The fourth-order valence-electron chi connectivity index (χ4n) is 6.12. The summed E-state index contributed by atoms with van der Waals surface area (Å²) in [5, 5.41) is 3.87. The highest BCUT2D eigenvalue weighted by Gasteiger charge is 2.58. The van der Waals surface area contributed by atoms with Gasteiger partial charge in [-0.3, -0.25) is 0 Å². The summed E-state index contributed by atoms with van der Waals surface area (Å²) in [6.45, 7) is 29.0. The molecule has 0 aliphatic heterocycles. The molecule has 0 heterocycles. The molecule has 144 valence electrons. The first-order valence-electron chi connectivity index (χ1n) is 10.1. The first-order valence-corrected chi connectivity index (χ1v) is 12.1. The van der Waals surface area contributed by atoms with Crippen molar-refractivity contribution in [2.45, 2.75) is 93.2 Å². The molecular formula is C25H40Si. The second-order valence-corrected chi connectivity index (χ2v) is 16.3. The fourth-order valence-corrected chi connectivity index (χ4v) is 14.5. The van der Waals surface area contributed by atoms with Crippen molar-refractivity contribution in [1.82, 2.24) is 0 Å². The molecule has 0 spiro atoms. The Balaban J connectivity index is 3.02. The third-order valence-electron chi connectivity index (χ3n) is 6.95. The molecule has 1 atom stereocenters. The van der Waals surface area contributed by atoms with E-state index in [2.05, 4.69) is 101 Å². The average molecular weight is 369 g/mol. The van der Waals surface area contributed by atoms with E-state index < -0.39 is 8.07 Å². The molecule has 0 aromatic heterocycles. The molecule has 1 aromatic carbocycles. The van der Waals surface area contributed by atoms with Crippen molar-refractivity contribution in [3.63, 3.8) is 0 Å². The zero-order valence-electron chi connectivity index (χ0n) is 19.3. The third-order valence-corrected chi connectivity index (χ3v) is 14.2. The van der Waals surface area contributed by atoms with E-state index >= 15 is 0 Å². The third kappa shape index (κ3) is 2.97. The molecule has 0 N–H and O–H groups in total. The summed E-state index contributed by atoms with van der Waals surface area (Å²) in [6, 6.07) is 7.33. The standard InChI is InChI=1S/C25H40Si/c1-16-13-17(2)15-22(14-16)26(24(7,8)9,25(10,11)12)23-20(5)18(3)19(4)21(23)6/h13-15,20H,1-12H3. The van der Waals surface area contributed by atoms with E-state index in [0.717, 1.165) is 0 Å². The lowest BCUT2D eigenvalue weighted by molar-refractivity contribution is 0.619. The van der Waals surface area contributed by atoms with E-state index in [1.165, 1.54) is 16.7 Å². The molecule has 0 amide bonds. The first kappa shape index (κ1) is 21.2. The molecule has 26 heavy (non-hydrogen) atoms. The molecule has 0 saturated carbocycles. The van der Waals surface area contributed by atoms with Gasteiger partial charge < -0.3 is 0 Å². The second kappa shape index (κ2) is 6.51. The molecule has 0 nitrogen and oxygen atoms in total. The van der Waals surface area contributed by atoms with E-state index in [0.29, 0.717) is 5.92 Å². The van der Waals surface area contributed by atoms with Gasteiger partial charge >= 0.3 is 0 Å². The lowest BCUT2D eigenvalue weighted by Gasteiger charge is -2.55. The predicted octanol–water partition coefficient (Wildman–Crippen LogP) is 7.40. The lowest BCUT2D eigenvalue weighted by Crippen LogP contribution is -2.64. The van der Waals surface area contributed by atoms with Gasteiger partial charge in [0.05, 0.1) is 0 Å². The lowest BCUT2D eigenvalue weighted by atomic mass is 10.1. The van der Waals surface area contributed by atoms with Crippen molar-refractivity contribution in [3.05, 3.63) is 51.2 Å². The Morgan fingerprint density at radius 2 is 1.12 bits per heavy atom. The monoisotopic (exact) mass is 368 g/mol. The zero-order chi connectivity index (χ0) is 20.2. The highest BCUT2D eigenvalue weighted by molar-refractivity contribution is 7.02. The number of hydrogen-bond donors (Lipinski definition) is 0. The van der Waals surface area contributed by atoms with Crippen LogP contribution in [0.25, 0.3) is 0 Å². The molecule has 0 saturated heterocycles. The highest BCUT2D eigenvalue weighted by Crippen LogP contribution is 2.59. The van der Waals surface area contributed by atoms with Crippen molar-refractivity contribution in [1.29, 1.82) is 0 Å². The molecule has 0 bridgehead atoms. The summed E-state index contributed by atoms with van der Waals surface area (Å²) in [4.78, 5) is 0. The second-order valence-electron chi connectivity index (χ2n) is 10.7. The van der Waals surface area contributed by atoms with Crippen molar-refractivity contribution in [2.75, 3.05) is 0 Å². The summed E-state index contributed by atoms with van der Waals surface area (Å²) < 4.78 is 0. The molecule has 1 aliphatic carbocycles. The van der Waals surface area contributed by atoms with Crippen LogP contribution in [0.3, 0.4) is 0 Å². The van der Waals surface area contributed by atoms with Crippen LogP contribution in [0.4, 0.5) is 0 Å². The van der Waals surface area contributed by atoms with Crippen LogP contribution < -0.4 is 5.19 Å². The van der Waals surface area contributed by atoms with Crippen LogP contribution in [0.15, 0.2) is 40.1 Å². The Hall–Kier alpha value is -1.08. The minimum Gasteiger partial charge on any atom is -0.0647 e. The molecule has 1 aromatic rings. The quantitative estimate of drug-likeness (QED) is 0.477. The van der Waals surface area contributed by atoms with Gasteiger partial charge in [-0.25, -0.2) is 0 Å². The molecule has 0 radical (unpaired) electrons. The summed E-state index contributed by atoms with van der Waals surface area (Å²) in [7, 11) is -2.08. The van der Waals surface area contributed by atoms with Crippen LogP contribution in [0.2, 0.25) is 10.1 Å². The minimum atomic E-state index is -2.08. The van der Waals surface area contributed by atoms with Gasteiger partial charge in [-0.1, -0.05) is 99.3 Å². The van der Waals surface area contributed by atoms with Crippen molar-refractivity contribution < 1.29 is 0 Å². The number of hydrogen-bond acceptors (Lipinski definition) is 0. The number of rotatable bonds is 2. The van der Waals surface area contributed by atoms with Crippen LogP contribution >= 0.6 is 0 Å². The Labute approximate surface area is 163 Å². The van der Waals surface area contributed by atoms with Gasteiger partial charge in [0.15, 0.2) is 0 Å². The highest BCUT2D eigenvalue weighted by atomic mass is 28.3. The van der Waals surface area contributed by atoms with Crippen molar-refractivity contribution in [3.8, 4) is 0 Å². The van der Waals surface area contributed by atoms with Gasteiger partial charge in [-0.2, -0.15) is 0 Å². The molecule has 1 heteroatoms. The van der Waals surface area contributed by atoms with Gasteiger partial charge in [0.2, 0.25) is 0 Å². The zero-order valence-corrected chi connectivity index (χ0v) is 20.3. The smallest absolute Gasteiger partial charge is 0.0647 e. The normalized spacial score (nSPS) is 19.6. The Bertz CT molecular complexity index is 741. The topological polar surface area (TPSA) is 0 Å². The summed E-state index contributed by atoms with van der Waals surface area (Å²) in [6.07, 6.45) is 0. The Morgan fingerprint density at radius 3 is 1.42 bits per heavy atom. The van der Waals surface area contributed by atoms with Crippen LogP contribution in [-0.4, -0.2) is 8.07 Å². The van der Waals surface area contributed by atoms with Gasteiger partial charge in [-0.15, -0.1) is 0 Å². The molecule has 1 unspecified atom stereocenters. The SMILES string of the molecule is CC1=C(C)C(C)C([Si](c2cc(C)cc(C)c2)(C(C)(C)C)C(C)(C)C)=C1C. The number of allylic oxidation sites excluding steroid dienone is 4. The molecule has 1 aliphatic rings. The largest absolute Gasteiger partial charge is 0.125 e. The summed E-state index contributed by atoms with van der Waals surface area (Å²) in [5.74, 6) is 0.556. The summed E-state index contributed by atoms with van der Waals surface area (Å²) in [5.41, 5.74) is 7.48. The van der Waals surface area contributed by atoms with Crippen LogP contribution in [-0.2, 0) is 0 Å². The van der Waals surface area contributed by atoms with E-state index in [1.54, 1.807) is 21.5 Å². The first-order chi connectivity index (χ1) is 11.7. The average Bonchev–Trinajstić information content (AvgIpc) is 2.62. The molecular weight excluding hydrogens is 328 g/mol. The van der Waals surface area contributed by atoms with E-state index in [1.807, 2.05) is 0 Å². The van der Waals surface area contributed by atoms with E-state index in [4.69, 9.17) is 0 Å². The van der Waals surface area contributed by atoms with Gasteiger partial charge in [0, 0.05) is 0 Å². The van der Waals surface area contributed by atoms with Crippen LogP contribution in [0, 0.1) is 19.8 Å².